The van der Waals surface area contributed by atoms with Crippen LogP contribution >= 0.6 is 0 Å². The molecule has 0 fully saturated rings. The second-order valence-corrected chi connectivity index (χ2v) is 4.42. The molecule has 0 N–H and O–H groups in total. The van der Waals surface area contributed by atoms with Crippen molar-refractivity contribution in [2.24, 2.45) is 5.41 Å². The van der Waals surface area contributed by atoms with Gasteiger partial charge in [-0.15, -0.1) is 0 Å². The third kappa shape index (κ3) is 2.84. The molecule has 72 valence electrons. The average molecular weight is 171 g/mol. The zero-order valence-electron chi connectivity index (χ0n) is 9.14. The third-order valence-electron chi connectivity index (χ3n) is 2.21. The minimum absolute atomic E-state index is 0.219. The van der Waals surface area contributed by atoms with Crippen LogP contribution in [0.1, 0.15) is 41.0 Å². The zero-order valence-corrected chi connectivity index (χ0v) is 9.14. The Bertz CT molecular complexity index is 158. The van der Waals surface area contributed by atoms with Gasteiger partial charge in [0.2, 0.25) is 5.91 Å². The van der Waals surface area contributed by atoms with E-state index in [1.165, 1.54) is 0 Å². The molecular formula is C10H21NO. The smallest absolute Gasteiger partial charge is 0.227 e. The van der Waals surface area contributed by atoms with Gasteiger partial charge in [-0.3, -0.25) is 4.79 Å². The van der Waals surface area contributed by atoms with E-state index >= 15 is 0 Å². The van der Waals surface area contributed by atoms with Crippen molar-refractivity contribution in [3.05, 3.63) is 0 Å². The van der Waals surface area contributed by atoms with Crippen LogP contribution in [0.25, 0.3) is 0 Å². The first-order chi connectivity index (χ1) is 5.30. The highest BCUT2D eigenvalue weighted by atomic mass is 16.2. The zero-order chi connectivity index (χ0) is 9.94. The Labute approximate surface area is 75.9 Å². The first-order valence-electron chi connectivity index (χ1n) is 4.58. The van der Waals surface area contributed by atoms with Crippen molar-refractivity contribution in [2.45, 2.75) is 47.1 Å². The van der Waals surface area contributed by atoms with Crippen LogP contribution < -0.4 is 0 Å². The Morgan fingerprint density at radius 3 is 2.08 bits per heavy atom. The fraction of sp³-hybridized carbons (Fsp3) is 0.900. The second-order valence-electron chi connectivity index (χ2n) is 4.42. The van der Waals surface area contributed by atoms with Gasteiger partial charge in [-0.2, -0.15) is 0 Å². The van der Waals surface area contributed by atoms with E-state index in [4.69, 9.17) is 0 Å². The number of amides is 1. The van der Waals surface area contributed by atoms with Gasteiger partial charge in [0.25, 0.3) is 0 Å². The molecule has 0 aromatic heterocycles. The summed E-state index contributed by atoms with van der Waals surface area (Å²) in [5.41, 5.74) is -0.252. The van der Waals surface area contributed by atoms with Gasteiger partial charge in [0.1, 0.15) is 0 Å². The molecule has 12 heavy (non-hydrogen) atoms. The van der Waals surface area contributed by atoms with Crippen molar-refractivity contribution in [3.8, 4) is 0 Å². The molecule has 0 rings (SSSR count). The van der Waals surface area contributed by atoms with E-state index < -0.39 is 0 Å². The van der Waals surface area contributed by atoms with Crippen molar-refractivity contribution in [3.63, 3.8) is 0 Å². The maximum absolute atomic E-state index is 11.7. The van der Waals surface area contributed by atoms with Crippen LogP contribution in [0.5, 0.6) is 0 Å². The molecule has 0 heterocycles. The van der Waals surface area contributed by atoms with Crippen LogP contribution in [0.2, 0.25) is 0 Å². The SMILES string of the molecule is CCC(C)N(C)C(=O)C(C)(C)C. The van der Waals surface area contributed by atoms with Crippen LogP contribution in [0, 0.1) is 5.41 Å². The summed E-state index contributed by atoms with van der Waals surface area (Å²) in [5, 5.41) is 0. The van der Waals surface area contributed by atoms with Crippen molar-refractivity contribution in [1.82, 2.24) is 4.90 Å². The predicted octanol–water partition coefficient (Wildman–Crippen LogP) is 2.29. The lowest BCUT2D eigenvalue weighted by molar-refractivity contribution is -0.140. The Morgan fingerprint density at radius 2 is 1.83 bits per heavy atom. The summed E-state index contributed by atoms with van der Waals surface area (Å²) in [6.45, 7) is 10.0. The average Bonchev–Trinajstić information content (AvgIpc) is 1.98. The summed E-state index contributed by atoms with van der Waals surface area (Å²) in [7, 11) is 1.88. The van der Waals surface area contributed by atoms with E-state index in [0.29, 0.717) is 6.04 Å². The highest BCUT2D eigenvalue weighted by Crippen LogP contribution is 2.18. The summed E-state index contributed by atoms with van der Waals surface area (Å²) in [6, 6.07) is 0.344. The standard InChI is InChI=1S/C10H21NO/c1-7-8(2)11(6)9(12)10(3,4)5/h8H,7H2,1-6H3. The molecule has 1 unspecified atom stereocenters. The molecule has 0 spiro atoms. The highest BCUT2D eigenvalue weighted by Gasteiger charge is 2.26. The minimum Gasteiger partial charge on any atom is -0.343 e. The number of rotatable bonds is 2. The Hall–Kier alpha value is -0.530. The van der Waals surface area contributed by atoms with Gasteiger partial charge in [-0.1, -0.05) is 27.7 Å². The molecule has 0 aromatic carbocycles. The summed E-state index contributed by atoms with van der Waals surface area (Å²) in [5.74, 6) is 0.219. The normalized spacial score (nSPS) is 14.2. The molecule has 0 radical (unpaired) electrons. The van der Waals surface area contributed by atoms with Crippen molar-refractivity contribution >= 4 is 5.91 Å². The Kier molecular flexibility index (Phi) is 3.75. The summed E-state index contributed by atoms with van der Waals surface area (Å²) < 4.78 is 0. The fourth-order valence-corrected chi connectivity index (χ4v) is 1.00. The molecule has 0 aromatic rings. The van der Waals surface area contributed by atoms with Crippen molar-refractivity contribution in [1.29, 1.82) is 0 Å². The van der Waals surface area contributed by atoms with Gasteiger partial charge in [0.15, 0.2) is 0 Å². The van der Waals surface area contributed by atoms with Crippen LogP contribution in [0.4, 0.5) is 0 Å². The van der Waals surface area contributed by atoms with Gasteiger partial charge in [0.05, 0.1) is 0 Å². The monoisotopic (exact) mass is 171 g/mol. The van der Waals surface area contributed by atoms with Gasteiger partial charge < -0.3 is 4.90 Å². The number of nitrogens with zero attached hydrogens (tertiary/aromatic N) is 1. The molecule has 0 saturated heterocycles. The van der Waals surface area contributed by atoms with Gasteiger partial charge in [-0.25, -0.2) is 0 Å². The van der Waals surface area contributed by atoms with Crippen molar-refractivity contribution in [2.75, 3.05) is 7.05 Å². The predicted molar refractivity (Wildman–Crippen MR) is 52.0 cm³/mol. The lowest BCUT2D eigenvalue weighted by Gasteiger charge is -2.30. The highest BCUT2D eigenvalue weighted by molar-refractivity contribution is 5.81. The maximum Gasteiger partial charge on any atom is 0.227 e. The van der Waals surface area contributed by atoms with Crippen LogP contribution in [0.3, 0.4) is 0 Å². The molecule has 0 bridgehead atoms. The number of hydrogen-bond acceptors (Lipinski definition) is 1. The van der Waals surface area contributed by atoms with Crippen LogP contribution in [-0.2, 0) is 4.79 Å². The lowest BCUT2D eigenvalue weighted by atomic mass is 9.94. The first-order valence-corrected chi connectivity index (χ1v) is 4.58. The largest absolute Gasteiger partial charge is 0.343 e. The van der Waals surface area contributed by atoms with E-state index in [0.717, 1.165) is 6.42 Å². The molecule has 0 aliphatic rings. The van der Waals surface area contributed by atoms with E-state index in [1.54, 1.807) is 0 Å². The maximum atomic E-state index is 11.7. The number of carbonyl (C=O) groups is 1. The molecule has 2 heteroatoms. The third-order valence-corrected chi connectivity index (χ3v) is 2.21. The molecule has 1 atom stereocenters. The first kappa shape index (κ1) is 11.5. The molecule has 0 saturated carbocycles. The fourth-order valence-electron chi connectivity index (χ4n) is 1.00. The van der Waals surface area contributed by atoms with E-state index in [1.807, 2.05) is 32.7 Å². The number of carbonyl (C=O) groups excluding carboxylic acids is 1. The van der Waals surface area contributed by atoms with E-state index in [9.17, 15) is 4.79 Å². The van der Waals surface area contributed by atoms with Gasteiger partial charge in [-0.05, 0) is 13.3 Å². The number of hydrogen-bond donors (Lipinski definition) is 0. The van der Waals surface area contributed by atoms with Crippen molar-refractivity contribution < 1.29 is 4.79 Å². The van der Waals surface area contributed by atoms with Gasteiger partial charge >= 0.3 is 0 Å². The Balaban J connectivity index is 4.30. The molecule has 2 nitrogen and oxygen atoms in total. The van der Waals surface area contributed by atoms with Crippen LogP contribution in [0.15, 0.2) is 0 Å². The molecular weight excluding hydrogens is 150 g/mol. The topological polar surface area (TPSA) is 20.3 Å². The van der Waals surface area contributed by atoms with Crippen LogP contribution in [-0.4, -0.2) is 23.9 Å². The quantitative estimate of drug-likeness (QED) is 0.624. The molecule has 0 aliphatic heterocycles. The van der Waals surface area contributed by atoms with Gasteiger partial charge in [0, 0.05) is 18.5 Å². The summed E-state index contributed by atoms with van der Waals surface area (Å²) in [6.07, 6.45) is 1.01. The Morgan fingerprint density at radius 1 is 1.42 bits per heavy atom. The lowest BCUT2D eigenvalue weighted by Crippen LogP contribution is -2.41. The second kappa shape index (κ2) is 3.92. The molecule has 0 aliphatic carbocycles. The van der Waals surface area contributed by atoms with E-state index in [-0.39, 0.29) is 11.3 Å². The minimum atomic E-state index is -0.252. The summed E-state index contributed by atoms with van der Waals surface area (Å²) >= 11 is 0. The summed E-state index contributed by atoms with van der Waals surface area (Å²) in [4.78, 5) is 13.5. The molecule has 1 amide bonds. The van der Waals surface area contributed by atoms with E-state index in [2.05, 4.69) is 13.8 Å².